The Morgan fingerprint density at radius 2 is 1.58 bits per heavy atom. The number of carbonyl (C=O) groups is 2. The molecule has 0 unspecified atom stereocenters. The van der Waals surface area contributed by atoms with E-state index in [0.29, 0.717) is 37.5 Å². The fraction of sp³-hybridized carbons (Fsp3) is 0.333. The number of hydrogen-bond donors (Lipinski definition) is 1. The Morgan fingerprint density at radius 3 is 2.19 bits per heavy atom. The zero-order valence-electron chi connectivity index (χ0n) is 15.3. The molecule has 0 saturated carbocycles. The van der Waals surface area contributed by atoms with Gasteiger partial charge in [-0.2, -0.15) is 0 Å². The average Bonchev–Trinajstić information content (AvgIpc) is 2.69. The molecule has 0 aliphatic heterocycles. The fourth-order valence-electron chi connectivity index (χ4n) is 2.31. The Kier molecular flexibility index (Phi) is 7.83. The first kappa shape index (κ1) is 19.7. The Morgan fingerprint density at radius 1 is 0.923 bits per heavy atom. The Balaban J connectivity index is 1.74. The van der Waals surface area contributed by atoms with Crippen LogP contribution in [0.2, 0.25) is 0 Å². The molecule has 2 aromatic carbocycles. The number of ether oxygens (including phenoxy) is 2. The molecule has 0 fully saturated rings. The van der Waals surface area contributed by atoms with Crippen molar-refractivity contribution in [1.82, 2.24) is 5.32 Å². The molecule has 1 N–H and O–H groups in total. The molecule has 0 aromatic heterocycles. The van der Waals surface area contributed by atoms with Crippen LogP contribution in [0.4, 0.5) is 0 Å². The highest BCUT2D eigenvalue weighted by Crippen LogP contribution is 2.13. The van der Waals surface area contributed by atoms with Gasteiger partial charge in [0.25, 0.3) is 5.91 Å². The highest BCUT2D eigenvalue weighted by molar-refractivity contribution is 5.95. The third-order valence-electron chi connectivity index (χ3n) is 3.85. The highest BCUT2D eigenvalue weighted by Gasteiger charge is 2.05. The lowest BCUT2D eigenvalue weighted by Crippen LogP contribution is -2.28. The van der Waals surface area contributed by atoms with Crippen molar-refractivity contribution in [3.05, 3.63) is 65.2 Å². The zero-order valence-corrected chi connectivity index (χ0v) is 15.3. The molecule has 0 bridgehead atoms. The molecule has 0 aliphatic carbocycles. The Labute approximate surface area is 154 Å². The van der Waals surface area contributed by atoms with Crippen LogP contribution in [0, 0.1) is 0 Å². The maximum atomic E-state index is 11.9. The Hall–Kier alpha value is -2.66. The third-order valence-corrected chi connectivity index (χ3v) is 3.85. The van der Waals surface area contributed by atoms with Gasteiger partial charge in [-0.25, -0.2) is 0 Å². The maximum absolute atomic E-state index is 11.9. The van der Waals surface area contributed by atoms with Crippen LogP contribution in [-0.4, -0.2) is 24.9 Å². The highest BCUT2D eigenvalue weighted by atomic mass is 16.5. The van der Waals surface area contributed by atoms with Crippen LogP contribution in [0.5, 0.6) is 5.75 Å². The molecular formula is C21H25NO4. The molecule has 5 heteroatoms. The van der Waals surface area contributed by atoms with Gasteiger partial charge in [-0.1, -0.05) is 31.2 Å². The van der Waals surface area contributed by atoms with Crippen LogP contribution >= 0.6 is 0 Å². The zero-order chi connectivity index (χ0) is 18.8. The van der Waals surface area contributed by atoms with Crippen LogP contribution in [-0.2, 0) is 22.7 Å². The standard InChI is InChI=1S/C21H25NO4/c1-3-20(23)18-9-11-19(12-10-18)26-15-21(24)22-13-16-5-7-17(8-6-16)14-25-4-2/h5-12H,3-4,13-15H2,1-2H3,(H,22,24). The van der Waals surface area contributed by atoms with Gasteiger partial charge < -0.3 is 14.8 Å². The smallest absolute Gasteiger partial charge is 0.258 e. The van der Waals surface area contributed by atoms with Crippen LogP contribution < -0.4 is 10.1 Å². The minimum absolute atomic E-state index is 0.0660. The molecule has 0 aliphatic rings. The summed E-state index contributed by atoms with van der Waals surface area (Å²) in [5.41, 5.74) is 2.77. The van der Waals surface area contributed by atoms with Gasteiger partial charge >= 0.3 is 0 Å². The van der Waals surface area contributed by atoms with Crippen molar-refractivity contribution in [3.63, 3.8) is 0 Å². The molecule has 0 heterocycles. The normalized spacial score (nSPS) is 10.4. The first-order valence-corrected chi connectivity index (χ1v) is 8.80. The van der Waals surface area contributed by atoms with Gasteiger partial charge in [-0.3, -0.25) is 9.59 Å². The molecule has 138 valence electrons. The van der Waals surface area contributed by atoms with Crippen molar-refractivity contribution in [1.29, 1.82) is 0 Å². The van der Waals surface area contributed by atoms with Gasteiger partial charge in [0, 0.05) is 25.1 Å². The van der Waals surface area contributed by atoms with E-state index in [0.717, 1.165) is 11.1 Å². The average molecular weight is 355 g/mol. The summed E-state index contributed by atoms with van der Waals surface area (Å²) in [5.74, 6) is 0.451. The van der Waals surface area contributed by atoms with Gasteiger partial charge in [0.2, 0.25) is 0 Å². The fourth-order valence-corrected chi connectivity index (χ4v) is 2.31. The van der Waals surface area contributed by atoms with E-state index in [1.165, 1.54) is 0 Å². The summed E-state index contributed by atoms with van der Waals surface area (Å²) in [6.45, 7) is 5.45. The van der Waals surface area contributed by atoms with Gasteiger partial charge in [0.1, 0.15) is 5.75 Å². The molecule has 0 radical (unpaired) electrons. The van der Waals surface area contributed by atoms with Gasteiger partial charge in [-0.15, -0.1) is 0 Å². The molecule has 0 spiro atoms. The van der Waals surface area contributed by atoms with E-state index in [-0.39, 0.29) is 18.3 Å². The lowest BCUT2D eigenvalue weighted by Gasteiger charge is -2.09. The molecule has 26 heavy (non-hydrogen) atoms. The predicted octanol–water partition coefficient (Wildman–Crippen LogP) is 3.51. The summed E-state index contributed by atoms with van der Waals surface area (Å²) >= 11 is 0. The van der Waals surface area contributed by atoms with Gasteiger partial charge in [0.05, 0.1) is 6.61 Å². The van der Waals surface area contributed by atoms with Crippen molar-refractivity contribution >= 4 is 11.7 Å². The third kappa shape index (κ3) is 6.33. The number of ketones is 1. The van der Waals surface area contributed by atoms with Crippen LogP contribution in [0.3, 0.4) is 0 Å². The number of Topliss-reactive ketones (excluding diaryl/α,β-unsaturated/α-hetero) is 1. The molecule has 5 nitrogen and oxygen atoms in total. The van der Waals surface area contributed by atoms with Crippen molar-refractivity contribution in [2.75, 3.05) is 13.2 Å². The minimum atomic E-state index is -0.197. The summed E-state index contributed by atoms with van der Waals surface area (Å²) in [7, 11) is 0. The summed E-state index contributed by atoms with van der Waals surface area (Å²) in [6, 6.07) is 14.8. The van der Waals surface area contributed by atoms with Gasteiger partial charge in [-0.05, 0) is 42.3 Å². The van der Waals surface area contributed by atoms with Crippen LogP contribution in [0.15, 0.2) is 48.5 Å². The molecule has 0 saturated heterocycles. The largest absolute Gasteiger partial charge is 0.484 e. The first-order valence-electron chi connectivity index (χ1n) is 8.80. The second kappa shape index (κ2) is 10.4. The van der Waals surface area contributed by atoms with Crippen LogP contribution in [0.1, 0.15) is 41.8 Å². The van der Waals surface area contributed by atoms with Crippen molar-refractivity contribution < 1.29 is 19.1 Å². The van der Waals surface area contributed by atoms with Crippen molar-refractivity contribution in [2.24, 2.45) is 0 Å². The van der Waals surface area contributed by atoms with Crippen molar-refractivity contribution in [2.45, 2.75) is 33.4 Å². The summed E-state index contributed by atoms with van der Waals surface area (Å²) in [6.07, 6.45) is 0.467. The maximum Gasteiger partial charge on any atom is 0.258 e. The SMILES string of the molecule is CCOCc1ccc(CNC(=O)COc2ccc(C(=O)CC)cc2)cc1. The summed E-state index contributed by atoms with van der Waals surface area (Å²) in [5, 5.41) is 2.82. The van der Waals surface area contributed by atoms with E-state index < -0.39 is 0 Å². The lowest BCUT2D eigenvalue weighted by molar-refractivity contribution is -0.123. The van der Waals surface area contributed by atoms with E-state index in [2.05, 4.69) is 5.32 Å². The molecular weight excluding hydrogens is 330 g/mol. The monoisotopic (exact) mass is 355 g/mol. The number of nitrogens with one attached hydrogen (secondary N) is 1. The number of amides is 1. The number of carbonyl (C=O) groups excluding carboxylic acids is 2. The predicted molar refractivity (Wildman–Crippen MR) is 100 cm³/mol. The van der Waals surface area contributed by atoms with E-state index in [9.17, 15) is 9.59 Å². The van der Waals surface area contributed by atoms with Gasteiger partial charge in [0.15, 0.2) is 12.4 Å². The minimum Gasteiger partial charge on any atom is -0.484 e. The first-order chi connectivity index (χ1) is 12.6. The summed E-state index contributed by atoms with van der Waals surface area (Å²) < 4.78 is 10.8. The number of rotatable bonds is 10. The van der Waals surface area contributed by atoms with E-state index in [4.69, 9.17) is 9.47 Å². The second-order valence-electron chi connectivity index (χ2n) is 5.82. The lowest BCUT2D eigenvalue weighted by atomic mass is 10.1. The van der Waals surface area contributed by atoms with Crippen LogP contribution in [0.25, 0.3) is 0 Å². The van der Waals surface area contributed by atoms with E-state index in [1.54, 1.807) is 24.3 Å². The number of hydrogen-bond acceptors (Lipinski definition) is 4. The molecule has 2 aromatic rings. The second-order valence-corrected chi connectivity index (χ2v) is 5.82. The topological polar surface area (TPSA) is 64.6 Å². The quantitative estimate of drug-likeness (QED) is 0.663. The van der Waals surface area contributed by atoms with Crippen molar-refractivity contribution in [3.8, 4) is 5.75 Å². The summed E-state index contributed by atoms with van der Waals surface area (Å²) in [4.78, 5) is 23.5. The van der Waals surface area contributed by atoms with E-state index in [1.807, 2.05) is 38.1 Å². The molecule has 2 rings (SSSR count). The van der Waals surface area contributed by atoms with E-state index >= 15 is 0 Å². The number of benzene rings is 2. The molecule has 0 atom stereocenters. The molecule has 1 amide bonds. The Bertz CT molecular complexity index is 708.